The summed E-state index contributed by atoms with van der Waals surface area (Å²) in [7, 11) is -1.73. The molecule has 3 aromatic rings. The van der Waals surface area contributed by atoms with Crippen molar-refractivity contribution in [1.82, 2.24) is 5.32 Å². The third-order valence-electron chi connectivity index (χ3n) is 4.62. The highest BCUT2D eigenvalue weighted by molar-refractivity contribution is 6.43. The zero-order chi connectivity index (χ0) is 19.2. The lowest BCUT2D eigenvalue weighted by molar-refractivity contribution is -0.123. The minimum absolute atomic E-state index is 0.147. The normalized spacial score (nSPS) is 13.3. The summed E-state index contributed by atoms with van der Waals surface area (Å²) < 4.78 is 5.48. The number of furan rings is 1. The molecule has 0 spiro atoms. The van der Waals surface area contributed by atoms with Crippen molar-refractivity contribution in [1.29, 1.82) is 0 Å². The highest BCUT2D eigenvalue weighted by atomic mass is 16.4. The number of nitrogens with one attached hydrogen (secondary N) is 1. The Bertz CT molecular complexity index is 880. The molecule has 0 radical (unpaired) electrons. The van der Waals surface area contributed by atoms with Crippen molar-refractivity contribution in [2.45, 2.75) is 24.7 Å². The molecule has 2 atom stereocenters. The van der Waals surface area contributed by atoms with Gasteiger partial charge in [-0.15, -0.1) is 0 Å². The molecule has 6 nitrogen and oxygen atoms in total. The lowest BCUT2D eigenvalue weighted by Crippen LogP contribution is -2.49. The van der Waals surface area contributed by atoms with Crippen LogP contribution in [0.3, 0.4) is 0 Å². The van der Waals surface area contributed by atoms with Gasteiger partial charge in [0.2, 0.25) is 5.91 Å². The molecule has 0 unspecified atom stereocenters. The van der Waals surface area contributed by atoms with Crippen LogP contribution >= 0.6 is 0 Å². The van der Waals surface area contributed by atoms with E-state index in [0.29, 0.717) is 5.58 Å². The lowest BCUT2D eigenvalue weighted by Gasteiger charge is -2.22. The van der Waals surface area contributed by atoms with Gasteiger partial charge in [0.05, 0.1) is 18.1 Å². The molecule has 0 bridgehead atoms. The summed E-state index contributed by atoms with van der Waals surface area (Å²) in [6, 6.07) is 16.6. The van der Waals surface area contributed by atoms with Gasteiger partial charge in [-0.1, -0.05) is 48.5 Å². The quantitative estimate of drug-likeness (QED) is 0.454. The van der Waals surface area contributed by atoms with Gasteiger partial charge in [0.25, 0.3) is 0 Å². The molecule has 4 N–H and O–H groups in total. The monoisotopic (exact) mass is 367 g/mol. The summed E-state index contributed by atoms with van der Waals surface area (Å²) in [5.41, 5.74) is 2.25. The molecule has 0 saturated carbocycles. The number of hydrogen-bond acceptors (Lipinski definition) is 5. The molecule has 0 saturated heterocycles. The second kappa shape index (κ2) is 8.86. The van der Waals surface area contributed by atoms with E-state index in [1.807, 2.05) is 54.6 Å². The molecule has 7 heteroatoms. The van der Waals surface area contributed by atoms with Gasteiger partial charge in [-0.2, -0.15) is 0 Å². The fraction of sp³-hybridized carbons (Fsp3) is 0.250. The summed E-state index contributed by atoms with van der Waals surface area (Å²) in [5.74, 6) is -1.83. The van der Waals surface area contributed by atoms with Gasteiger partial charge in [-0.3, -0.25) is 4.79 Å². The Morgan fingerprint density at radius 2 is 1.78 bits per heavy atom. The van der Waals surface area contributed by atoms with Crippen molar-refractivity contribution in [3.8, 4) is 0 Å². The molecular weight excluding hydrogens is 345 g/mol. The van der Waals surface area contributed by atoms with E-state index in [4.69, 9.17) is 4.42 Å². The van der Waals surface area contributed by atoms with Crippen LogP contribution in [0.25, 0.3) is 11.0 Å². The number of para-hydroxylation sites is 1. The number of aliphatic hydroxyl groups is 1. The zero-order valence-electron chi connectivity index (χ0n) is 14.8. The maximum absolute atomic E-state index is 12.8. The van der Waals surface area contributed by atoms with Crippen molar-refractivity contribution >= 4 is 24.0 Å². The standard InChI is InChI=1S/C20H22BNO5/c23-11-10-17(14-6-2-1-3-7-14)20(24)22-19(21(25)26)12-15-13-27-18-9-5-4-8-16(15)18/h1-9,13,17,19,23,25-26H,10-12H2,(H,22,24)/t17-,19-/m0/s1. The maximum atomic E-state index is 12.8. The number of amides is 1. The fourth-order valence-corrected chi connectivity index (χ4v) is 3.21. The average Bonchev–Trinajstić information content (AvgIpc) is 3.09. The van der Waals surface area contributed by atoms with E-state index in [1.165, 1.54) is 0 Å². The van der Waals surface area contributed by atoms with Crippen LogP contribution < -0.4 is 5.32 Å². The molecule has 0 aliphatic rings. The van der Waals surface area contributed by atoms with Gasteiger partial charge in [-0.25, -0.2) is 0 Å². The number of hydrogen-bond donors (Lipinski definition) is 4. The first-order valence-electron chi connectivity index (χ1n) is 8.87. The van der Waals surface area contributed by atoms with Crippen molar-refractivity contribution in [2.24, 2.45) is 0 Å². The summed E-state index contributed by atoms with van der Waals surface area (Å²) in [5, 5.41) is 32.5. The smallest absolute Gasteiger partial charge is 0.464 e. The van der Waals surface area contributed by atoms with Crippen molar-refractivity contribution in [3.63, 3.8) is 0 Å². The van der Waals surface area contributed by atoms with E-state index in [2.05, 4.69) is 5.32 Å². The molecule has 0 aliphatic carbocycles. The number of rotatable bonds is 8. The number of fused-ring (bicyclic) bond motifs is 1. The van der Waals surface area contributed by atoms with E-state index < -0.39 is 19.0 Å². The van der Waals surface area contributed by atoms with Gasteiger partial charge in [0, 0.05) is 12.0 Å². The second-order valence-corrected chi connectivity index (χ2v) is 6.47. The van der Waals surface area contributed by atoms with Crippen molar-refractivity contribution < 1.29 is 24.4 Å². The molecule has 3 rings (SSSR count). The van der Waals surface area contributed by atoms with E-state index in [1.54, 1.807) is 6.26 Å². The van der Waals surface area contributed by atoms with E-state index in [9.17, 15) is 19.9 Å². The Kier molecular flexibility index (Phi) is 6.29. The Labute approximate surface area is 157 Å². The summed E-state index contributed by atoms with van der Waals surface area (Å²) >= 11 is 0. The first-order chi connectivity index (χ1) is 13.1. The van der Waals surface area contributed by atoms with Gasteiger partial charge >= 0.3 is 7.12 Å². The van der Waals surface area contributed by atoms with Crippen LogP contribution in [0.1, 0.15) is 23.5 Å². The Morgan fingerprint density at radius 3 is 2.48 bits per heavy atom. The Balaban J connectivity index is 1.77. The predicted octanol–water partition coefficient (Wildman–Crippen LogP) is 1.64. The SMILES string of the molecule is O=C(N[C@@H](Cc1coc2ccccc12)B(O)O)[C@@H](CCO)c1ccccc1. The topological polar surface area (TPSA) is 103 Å². The first kappa shape index (κ1) is 19.2. The van der Waals surface area contributed by atoms with Crippen molar-refractivity contribution in [3.05, 3.63) is 72.0 Å². The third-order valence-corrected chi connectivity index (χ3v) is 4.62. The van der Waals surface area contributed by atoms with Gasteiger partial charge < -0.3 is 24.9 Å². The van der Waals surface area contributed by atoms with Crippen LogP contribution in [0.2, 0.25) is 0 Å². The van der Waals surface area contributed by atoms with Crippen LogP contribution in [-0.2, 0) is 11.2 Å². The summed E-state index contributed by atoms with van der Waals surface area (Å²) in [6.07, 6.45) is 2.02. The van der Waals surface area contributed by atoms with Crippen LogP contribution in [0.4, 0.5) is 0 Å². The average molecular weight is 367 g/mol. The molecule has 1 amide bonds. The second-order valence-electron chi connectivity index (χ2n) is 6.47. The minimum Gasteiger partial charge on any atom is -0.464 e. The van der Waals surface area contributed by atoms with Crippen LogP contribution in [0.15, 0.2) is 65.3 Å². The van der Waals surface area contributed by atoms with Crippen LogP contribution in [-0.4, -0.2) is 40.7 Å². The summed E-state index contributed by atoms with van der Waals surface area (Å²) in [4.78, 5) is 12.8. The first-order valence-corrected chi connectivity index (χ1v) is 8.87. The Morgan fingerprint density at radius 1 is 1.07 bits per heavy atom. The Hall–Kier alpha value is -2.61. The van der Waals surface area contributed by atoms with Crippen molar-refractivity contribution in [2.75, 3.05) is 6.61 Å². The number of benzene rings is 2. The van der Waals surface area contributed by atoms with E-state index in [0.717, 1.165) is 16.5 Å². The molecule has 27 heavy (non-hydrogen) atoms. The summed E-state index contributed by atoms with van der Waals surface area (Å²) in [6.45, 7) is -0.147. The highest BCUT2D eigenvalue weighted by Gasteiger charge is 2.30. The van der Waals surface area contributed by atoms with Gasteiger partial charge in [0.15, 0.2) is 0 Å². The van der Waals surface area contributed by atoms with Gasteiger partial charge in [-0.05, 0) is 30.0 Å². The molecule has 140 valence electrons. The van der Waals surface area contributed by atoms with E-state index >= 15 is 0 Å². The van der Waals surface area contributed by atoms with Crippen LogP contribution in [0, 0.1) is 0 Å². The molecular formula is C20H22BNO5. The molecule has 0 fully saturated rings. The molecule has 1 heterocycles. The zero-order valence-corrected chi connectivity index (χ0v) is 14.8. The third kappa shape index (κ3) is 4.57. The maximum Gasteiger partial charge on any atom is 0.475 e. The van der Waals surface area contributed by atoms with Crippen LogP contribution in [0.5, 0.6) is 0 Å². The predicted molar refractivity (Wildman–Crippen MR) is 103 cm³/mol. The lowest BCUT2D eigenvalue weighted by atomic mass is 9.75. The molecule has 2 aromatic carbocycles. The number of aliphatic hydroxyl groups excluding tert-OH is 1. The molecule has 0 aliphatic heterocycles. The highest BCUT2D eigenvalue weighted by Crippen LogP contribution is 2.23. The number of carbonyl (C=O) groups is 1. The number of carbonyl (C=O) groups excluding carboxylic acids is 1. The largest absolute Gasteiger partial charge is 0.475 e. The molecule has 1 aromatic heterocycles. The minimum atomic E-state index is -1.73. The van der Waals surface area contributed by atoms with E-state index in [-0.39, 0.29) is 25.4 Å². The fourth-order valence-electron chi connectivity index (χ4n) is 3.21. The van der Waals surface area contributed by atoms with Gasteiger partial charge in [0.1, 0.15) is 5.58 Å².